The third-order valence-electron chi connectivity index (χ3n) is 3.77. The fourth-order valence-electron chi connectivity index (χ4n) is 2.64. The zero-order valence-electron chi connectivity index (χ0n) is 13.7. The van der Waals surface area contributed by atoms with Crippen LogP contribution in [0.25, 0.3) is 0 Å². The summed E-state index contributed by atoms with van der Waals surface area (Å²) in [6.45, 7) is 6.02. The maximum atomic E-state index is 13.1. The highest BCUT2D eigenvalue weighted by molar-refractivity contribution is 6.07. The summed E-state index contributed by atoms with van der Waals surface area (Å²) in [5, 5.41) is 0. The first-order valence-electron chi connectivity index (χ1n) is 7.87. The largest absolute Gasteiger partial charge is 0.495 e. The minimum atomic E-state index is -0.0796. The molecule has 1 atom stereocenters. The van der Waals surface area contributed by atoms with Gasteiger partial charge in [-0.05, 0) is 30.7 Å². The molecular weight excluding hydrogens is 286 g/mol. The number of para-hydroxylation sites is 2. The van der Waals surface area contributed by atoms with Gasteiger partial charge in [0.15, 0.2) is 0 Å². The second kappa shape index (κ2) is 8.18. The summed E-state index contributed by atoms with van der Waals surface area (Å²) in [6, 6.07) is 16.8. The average molecular weight is 309 g/mol. The molecular formula is C20H23NO2. The number of methoxy groups -OCH3 is 1. The molecule has 0 saturated carbocycles. The Balaban J connectivity index is 2.51. The van der Waals surface area contributed by atoms with Crippen molar-refractivity contribution in [2.45, 2.75) is 25.8 Å². The molecule has 2 aromatic rings. The number of hydrogen-bond acceptors (Lipinski definition) is 2. The van der Waals surface area contributed by atoms with Crippen molar-refractivity contribution in [2.24, 2.45) is 0 Å². The summed E-state index contributed by atoms with van der Waals surface area (Å²) in [5.41, 5.74) is 1.42. The number of amides is 1. The topological polar surface area (TPSA) is 29.5 Å². The number of benzene rings is 2. The summed E-state index contributed by atoms with van der Waals surface area (Å²) in [5.74, 6) is 0.633. The molecule has 2 aromatic carbocycles. The van der Waals surface area contributed by atoms with Crippen LogP contribution < -0.4 is 9.64 Å². The molecule has 23 heavy (non-hydrogen) atoms. The fourth-order valence-corrected chi connectivity index (χ4v) is 2.64. The Bertz CT molecular complexity index is 652. The van der Waals surface area contributed by atoms with Crippen molar-refractivity contribution in [3.8, 4) is 5.75 Å². The Kier molecular flexibility index (Phi) is 5.98. The van der Waals surface area contributed by atoms with Crippen LogP contribution in [0.3, 0.4) is 0 Å². The van der Waals surface area contributed by atoms with E-state index in [1.807, 2.05) is 60.7 Å². The molecule has 0 bridgehead atoms. The molecule has 0 aliphatic rings. The molecule has 2 rings (SSSR count). The van der Waals surface area contributed by atoms with Crippen molar-refractivity contribution >= 4 is 11.6 Å². The Morgan fingerprint density at radius 3 is 2.43 bits per heavy atom. The van der Waals surface area contributed by atoms with Gasteiger partial charge in [-0.2, -0.15) is 0 Å². The predicted octanol–water partition coefficient (Wildman–Crippen LogP) is 4.70. The summed E-state index contributed by atoms with van der Waals surface area (Å²) in [6.07, 6.45) is 3.64. The normalized spacial score (nSPS) is 11.6. The van der Waals surface area contributed by atoms with Crippen molar-refractivity contribution in [1.29, 1.82) is 0 Å². The van der Waals surface area contributed by atoms with Gasteiger partial charge in [0.2, 0.25) is 0 Å². The standard InChI is InChI=1S/C20H23NO2/c1-4-11-17(5-2)21(18-14-9-10-15-19(18)23-3)20(22)16-12-7-6-8-13-16/h5-10,12-15,17H,2,4,11H2,1,3H3/t17-/m1/s1. The van der Waals surface area contributed by atoms with Gasteiger partial charge < -0.3 is 4.74 Å². The Hall–Kier alpha value is -2.55. The molecule has 120 valence electrons. The third kappa shape index (κ3) is 3.81. The molecule has 0 unspecified atom stereocenters. The van der Waals surface area contributed by atoms with Crippen molar-refractivity contribution in [3.05, 3.63) is 72.8 Å². The first-order chi connectivity index (χ1) is 11.2. The molecule has 0 heterocycles. The second-order valence-corrected chi connectivity index (χ2v) is 5.30. The number of ether oxygens (including phenoxy) is 1. The SMILES string of the molecule is C=C[C@H](CCC)N(C(=O)c1ccccc1)c1ccccc1OC. The maximum Gasteiger partial charge on any atom is 0.258 e. The zero-order valence-corrected chi connectivity index (χ0v) is 13.7. The van der Waals surface area contributed by atoms with Crippen LogP contribution in [-0.2, 0) is 0 Å². The summed E-state index contributed by atoms with van der Waals surface area (Å²) in [4.78, 5) is 14.9. The minimum absolute atomic E-state index is 0.0477. The van der Waals surface area contributed by atoms with Crippen LogP contribution in [0.15, 0.2) is 67.3 Å². The summed E-state index contributed by atoms with van der Waals surface area (Å²) in [7, 11) is 1.62. The van der Waals surface area contributed by atoms with E-state index >= 15 is 0 Å². The molecule has 0 fully saturated rings. The third-order valence-corrected chi connectivity index (χ3v) is 3.77. The average Bonchev–Trinajstić information content (AvgIpc) is 2.62. The van der Waals surface area contributed by atoms with Gasteiger partial charge in [0, 0.05) is 5.56 Å². The number of nitrogens with zero attached hydrogens (tertiary/aromatic N) is 1. The smallest absolute Gasteiger partial charge is 0.258 e. The van der Waals surface area contributed by atoms with Crippen molar-refractivity contribution in [1.82, 2.24) is 0 Å². The van der Waals surface area contributed by atoms with E-state index in [1.54, 1.807) is 12.0 Å². The molecule has 3 nitrogen and oxygen atoms in total. The molecule has 0 aliphatic carbocycles. The van der Waals surface area contributed by atoms with E-state index in [2.05, 4.69) is 13.5 Å². The first-order valence-corrected chi connectivity index (χ1v) is 7.87. The number of rotatable bonds is 7. The lowest BCUT2D eigenvalue weighted by Gasteiger charge is -2.31. The number of carbonyl (C=O) groups is 1. The van der Waals surface area contributed by atoms with E-state index in [4.69, 9.17) is 4.74 Å². The van der Waals surface area contributed by atoms with Gasteiger partial charge in [-0.3, -0.25) is 9.69 Å². The second-order valence-electron chi connectivity index (χ2n) is 5.30. The van der Waals surface area contributed by atoms with Crippen LogP contribution in [0.2, 0.25) is 0 Å². The van der Waals surface area contributed by atoms with E-state index in [-0.39, 0.29) is 11.9 Å². The van der Waals surface area contributed by atoms with E-state index in [0.717, 1.165) is 18.5 Å². The molecule has 0 aromatic heterocycles. The van der Waals surface area contributed by atoms with Crippen LogP contribution in [-0.4, -0.2) is 19.1 Å². The number of carbonyl (C=O) groups excluding carboxylic acids is 1. The van der Waals surface area contributed by atoms with Crippen LogP contribution in [0.1, 0.15) is 30.1 Å². The summed E-state index contributed by atoms with van der Waals surface area (Å²) < 4.78 is 5.46. The molecule has 3 heteroatoms. The van der Waals surface area contributed by atoms with Gasteiger partial charge in [-0.1, -0.05) is 49.8 Å². The lowest BCUT2D eigenvalue weighted by molar-refractivity contribution is 0.0979. The summed E-state index contributed by atoms with van der Waals surface area (Å²) >= 11 is 0. The van der Waals surface area contributed by atoms with Crippen LogP contribution in [0.5, 0.6) is 5.75 Å². The lowest BCUT2D eigenvalue weighted by Crippen LogP contribution is -2.39. The zero-order chi connectivity index (χ0) is 16.7. The minimum Gasteiger partial charge on any atom is -0.495 e. The monoisotopic (exact) mass is 309 g/mol. The van der Waals surface area contributed by atoms with Crippen LogP contribution in [0, 0.1) is 0 Å². The molecule has 0 saturated heterocycles. The van der Waals surface area contributed by atoms with Crippen molar-refractivity contribution < 1.29 is 9.53 Å². The lowest BCUT2D eigenvalue weighted by atomic mass is 10.1. The number of hydrogen-bond donors (Lipinski definition) is 0. The van der Waals surface area contributed by atoms with Gasteiger partial charge in [0.1, 0.15) is 5.75 Å². The Labute approximate surface area is 138 Å². The van der Waals surface area contributed by atoms with E-state index in [0.29, 0.717) is 11.3 Å². The van der Waals surface area contributed by atoms with Crippen LogP contribution in [0.4, 0.5) is 5.69 Å². The molecule has 0 radical (unpaired) electrons. The van der Waals surface area contributed by atoms with E-state index in [1.165, 1.54) is 0 Å². The van der Waals surface area contributed by atoms with E-state index < -0.39 is 0 Å². The first kappa shape index (κ1) is 16.8. The van der Waals surface area contributed by atoms with Crippen molar-refractivity contribution in [2.75, 3.05) is 12.0 Å². The Morgan fingerprint density at radius 2 is 1.83 bits per heavy atom. The maximum absolute atomic E-state index is 13.1. The van der Waals surface area contributed by atoms with Gasteiger partial charge >= 0.3 is 0 Å². The molecule has 1 amide bonds. The molecule has 0 aliphatic heterocycles. The Morgan fingerprint density at radius 1 is 1.17 bits per heavy atom. The van der Waals surface area contributed by atoms with Crippen molar-refractivity contribution in [3.63, 3.8) is 0 Å². The van der Waals surface area contributed by atoms with Gasteiger partial charge in [0.25, 0.3) is 5.91 Å². The van der Waals surface area contributed by atoms with Gasteiger partial charge in [-0.25, -0.2) is 0 Å². The molecule has 0 spiro atoms. The highest BCUT2D eigenvalue weighted by Gasteiger charge is 2.26. The highest BCUT2D eigenvalue weighted by atomic mass is 16.5. The quantitative estimate of drug-likeness (QED) is 0.694. The van der Waals surface area contributed by atoms with Crippen LogP contribution >= 0.6 is 0 Å². The predicted molar refractivity (Wildman–Crippen MR) is 95.1 cm³/mol. The highest BCUT2D eigenvalue weighted by Crippen LogP contribution is 2.32. The van der Waals surface area contributed by atoms with Gasteiger partial charge in [0.05, 0.1) is 18.8 Å². The van der Waals surface area contributed by atoms with Gasteiger partial charge in [-0.15, -0.1) is 6.58 Å². The molecule has 0 N–H and O–H groups in total. The van der Waals surface area contributed by atoms with E-state index in [9.17, 15) is 4.79 Å². The fraction of sp³-hybridized carbons (Fsp3) is 0.250. The number of anilines is 1.